The Morgan fingerprint density at radius 3 is 2.54 bits per heavy atom. The maximum atomic E-state index is 12.2. The maximum absolute atomic E-state index is 12.2. The molecule has 0 saturated heterocycles. The highest BCUT2D eigenvalue weighted by molar-refractivity contribution is 6.30. The smallest absolute Gasteiger partial charge is 0.411 e. The van der Waals surface area contributed by atoms with Gasteiger partial charge in [0.25, 0.3) is 0 Å². The van der Waals surface area contributed by atoms with Crippen molar-refractivity contribution in [1.29, 1.82) is 0 Å². The van der Waals surface area contributed by atoms with Crippen molar-refractivity contribution < 1.29 is 23.5 Å². The van der Waals surface area contributed by atoms with Crippen LogP contribution in [-0.2, 0) is 16.1 Å². The molecule has 0 atom stereocenters. The van der Waals surface area contributed by atoms with Gasteiger partial charge in [0.05, 0.1) is 12.2 Å². The van der Waals surface area contributed by atoms with Gasteiger partial charge in [-0.1, -0.05) is 11.6 Å². The molecule has 0 bridgehead atoms. The van der Waals surface area contributed by atoms with Crippen LogP contribution in [0.25, 0.3) is 11.0 Å². The van der Waals surface area contributed by atoms with Gasteiger partial charge in [0.1, 0.15) is 12.2 Å². The average molecular weight is 402 g/mol. The van der Waals surface area contributed by atoms with E-state index in [0.717, 1.165) is 0 Å². The Labute approximate surface area is 164 Å². The van der Waals surface area contributed by atoms with Crippen molar-refractivity contribution in [3.8, 4) is 0 Å². The molecule has 0 saturated carbocycles. The normalized spacial score (nSPS) is 10.5. The van der Waals surface area contributed by atoms with E-state index in [-0.39, 0.29) is 18.8 Å². The lowest BCUT2D eigenvalue weighted by molar-refractivity contribution is 0.0474. The predicted octanol–water partition coefficient (Wildman–Crippen LogP) is 4.37. The standard InChI is InChI=1S/C20H16ClNO6/c1-2-26-20(25)22-15-7-8-16-13(9-18(23)28-17(16)10-15)11-27-19(24)12-3-5-14(21)6-4-12/h3-10H,2,11H2,1H3,(H,22,25). The molecule has 0 spiro atoms. The summed E-state index contributed by atoms with van der Waals surface area (Å²) in [5, 5.41) is 3.62. The molecule has 144 valence electrons. The van der Waals surface area contributed by atoms with Gasteiger partial charge in [-0.05, 0) is 43.3 Å². The number of carbonyl (C=O) groups is 2. The van der Waals surface area contributed by atoms with Gasteiger partial charge in [-0.2, -0.15) is 0 Å². The fraction of sp³-hybridized carbons (Fsp3) is 0.150. The largest absolute Gasteiger partial charge is 0.457 e. The van der Waals surface area contributed by atoms with Crippen LogP contribution >= 0.6 is 11.6 Å². The first-order valence-electron chi connectivity index (χ1n) is 8.39. The number of anilines is 1. The van der Waals surface area contributed by atoms with Crippen molar-refractivity contribution in [1.82, 2.24) is 0 Å². The van der Waals surface area contributed by atoms with E-state index in [2.05, 4.69) is 5.32 Å². The number of fused-ring (bicyclic) bond motifs is 1. The van der Waals surface area contributed by atoms with E-state index < -0.39 is 17.7 Å². The summed E-state index contributed by atoms with van der Waals surface area (Å²) in [5.74, 6) is -0.543. The van der Waals surface area contributed by atoms with Crippen molar-refractivity contribution in [2.45, 2.75) is 13.5 Å². The summed E-state index contributed by atoms with van der Waals surface area (Å²) in [5.41, 5.74) is 0.885. The Balaban J connectivity index is 1.80. The van der Waals surface area contributed by atoms with Gasteiger partial charge in [-0.15, -0.1) is 0 Å². The number of amides is 1. The summed E-state index contributed by atoms with van der Waals surface area (Å²) in [7, 11) is 0. The molecule has 1 amide bonds. The van der Waals surface area contributed by atoms with E-state index in [9.17, 15) is 14.4 Å². The summed E-state index contributed by atoms with van der Waals surface area (Å²) in [6.45, 7) is 1.81. The maximum Gasteiger partial charge on any atom is 0.411 e. The second kappa shape index (κ2) is 8.58. The Hall–Kier alpha value is -3.32. The zero-order chi connectivity index (χ0) is 20.1. The van der Waals surface area contributed by atoms with Crippen LogP contribution in [0.15, 0.2) is 57.7 Å². The van der Waals surface area contributed by atoms with Gasteiger partial charge >= 0.3 is 17.7 Å². The topological polar surface area (TPSA) is 94.8 Å². The summed E-state index contributed by atoms with van der Waals surface area (Å²) in [4.78, 5) is 35.5. The van der Waals surface area contributed by atoms with Crippen molar-refractivity contribution >= 4 is 40.3 Å². The SMILES string of the molecule is CCOC(=O)Nc1ccc2c(COC(=O)c3ccc(Cl)cc3)cc(=O)oc2c1. The number of halogens is 1. The number of nitrogens with one attached hydrogen (secondary N) is 1. The molecule has 0 unspecified atom stereocenters. The van der Waals surface area contributed by atoms with Crippen molar-refractivity contribution in [3.63, 3.8) is 0 Å². The minimum atomic E-state index is -0.614. The third-order valence-electron chi connectivity index (χ3n) is 3.79. The molecule has 7 nitrogen and oxygen atoms in total. The van der Waals surface area contributed by atoms with Gasteiger partial charge in [-0.3, -0.25) is 5.32 Å². The van der Waals surface area contributed by atoms with Crippen molar-refractivity contribution in [2.24, 2.45) is 0 Å². The molecule has 0 aliphatic heterocycles. The number of esters is 1. The second-order valence-electron chi connectivity index (χ2n) is 5.73. The summed E-state index contributed by atoms with van der Waals surface area (Å²) in [6.07, 6.45) is -0.614. The lowest BCUT2D eigenvalue weighted by Gasteiger charge is -2.09. The average Bonchev–Trinajstić information content (AvgIpc) is 2.66. The molecule has 0 aliphatic carbocycles. The first-order chi connectivity index (χ1) is 13.5. The van der Waals surface area contributed by atoms with Crippen LogP contribution in [0.5, 0.6) is 0 Å². The molecule has 28 heavy (non-hydrogen) atoms. The van der Waals surface area contributed by atoms with Crippen LogP contribution in [0.4, 0.5) is 10.5 Å². The molecular formula is C20H16ClNO6. The highest BCUT2D eigenvalue weighted by Gasteiger charge is 2.12. The van der Waals surface area contributed by atoms with Gasteiger partial charge in [0, 0.05) is 33.8 Å². The van der Waals surface area contributed by atoms with Crippen LogP contribution in [0.1, 0.15) is 22.8 Å². The number of hydrogen-bond acceptors (Lipinski definition) is 6. The van der Waals surface area contributed by atoms with Gasteiger partial charge in [0.15, 0.2) is 0 Å². The van der Waals surface area contributed by atoms with Crippen LogP contribution in [0, 0.1) is 0 Å². The van der Waals surface area contributed by atoms with E-state index in [4.69, 9.17) is 25.5 Å². The predicted molar refractivity (Wildman–Crippen MR) is 104 cm³/mol. The van der Waals surface area contributed by atoms with Gasteiger partial charge in [-0.25, -0.2) is 14.4 Å². The quantitative estimate of drug-likeness (QED) is 0.503. The highest BCUT2D eigenvalue weighted by Crippen LogP contribution is 2.22. The number of carbonyl (C=O) groups excluding carboxylic acids is 2. The number of ether oxygens (including phenoxy) is 2. The fourth-order valence-electron chi connectivity index (χ4n) is 2.52. The van der Waals surface area contributed by atoms with E-state index >= 15 is 0 Å². The van der Waals surface area contributed by atoms with Crippen LogP contribution in [0.2, 0.25) is 5.02 Å². The first-order valence-corrected chi connectivity index (χ1v) is 8.77. The minimum absolute atomic E-state index is 0.117. The zero-order valence-electron chi connectivity index (χ0n) is 14.9. The summed E-state index contributed by atoms with van der Waals surface area (Å²) >= 11 is 5.80. The van der Waals surface area contributed by atoms with Crippen LogP contribution in [-0.4, -0.2) is 18.7 Å². The molecule has 1 heterocycles. The van der Waals surface area contributed by atoms with E-state index in [0.29, 0.717) is 27.2 Å². The van der Waals surface area contributed by atoms with Gasteiger partial charge in [0.2, 0.25) is 0 Å². The molecule has 0 radical (unpaired) electrons. The monoisotopic (exact) mass is 401 g/mol. The van der Waals surface area contributed by atoms with Crippen molar-refractivity contribution in [3.05, 3.63) is 75.1 Å². The first kappa shape index (κ1) is 19.4. The molecule has 2 aromatic carbocycles. The van der Waals surface area contributed by atoms with Crippen LogP contribution < -0.4 is 10.9 Å². The lowest BCUT2D eigenvalue weighted by atomic mass is 10.1. The Bertz CT molecular complexity index is 1070. The molecule has 3 rings (SSSR count). The molecular weight excluding hydrogens is 386 g/mol. The number of rotatable bonds is 5. The fourth-order valence-corrected chi connectivity index (χ4v) is 2.65. The molecule has 3 aromatic rings. The Morgan fingerprint density at radius 2 is 1.82 bits per heavy atom. The molecule has 8 heteroatoms. The van der Waals surface area contributed by atoms with E-state index in [1.165, 1.54) is 12.1 Å². The molecule has 1 aromatic heterocycles. The third-order valence-corrected chi connectivity index (χ3v) is 4.04. The minimum Gasteiger partial charge on any atom is -0.457 e. The summed E-state index contributed by atoms with van der Waals surface area (Å²) in [6, 6.07) is 12.3. The Kier molecular flexibility index (Phi) is 5.96. The van der Waals surface area contributed by atoms with Gasteiger partial charge < -0.3 is 13.9 Å². The molecule has 0 fully saturated rings. The van der Waals surface area contributed by atoms with Crippen LogP contribution in [0.3, 0.4) is 0 Å². The number of hydrogen-bond donors (Lipinski definition) is 1. The molecule has 1 N–H and O–H groups in total. The zero-order valence-corrected chi connectivity index (χ0v) is 15.6. The third kappa shape index (κ3) is 4.69. The second-order valence-corrected chi connectivity index (χ2v) is 6.17. The summed E-state index contributed by atoms with van der Waals surface area (Å²) < 4.78 is 15.3. The number of benzene rings is 2. The van der Waals surface area contributed by atoms with E-state index in [1.54, 1.807) is 43.3 Å². The highest BCUT2D eigenvalue weighted by atomic mass is 35.5. The molecule has 0 aliphatic rings. The lowest BCUT2D eigenvalue weighted by Crippen LogP contribution is -2.13. The Morgan fingerprint density at radius 1 is 1.07 bits per heavy atom. The van der Waals surface area contributed by atoms with Crippen molar-refractivity contribution in [2.75, 3.05) is 11.9 Å². The van der Waals surface area contributed by atoms with E-state index in [1.807, 2.05) is 0 Å².